The topological polar surface area (TPSA) is 95.3 Å². The van der Waals surface area contributed by atoms with Crippen molar-refractivity contribution in [3.63, 3.8) is 0 Å². The second kappa shape index (κ2) is 11.4. The molecular formula is C34H26FNO7. The van der Waals surface area contributed by atoms with E-state index in [1.165, 1.54) is 24.1 Å². The lowest BCUT2D eigenvalue weighted by Crippen LogP contribution is -2.29. The Morgan fingerprint density at radius 2 is 1.70 bits per heavy atom. The molecule has 0 fully saturated rings. The summed E-state index contributed by atoms with van der Waals surface area (Å²) >= 11 is 0. The van der Waals surface area contributed by atoms with Gasteiger partial charge in [0.15, 0.2) is 16.9 Å². The Labute approximate surface area is 245 Å². The van der Waals surface area contributed by atoms with Gasteiger partial charge in [0, 0.05) is 5.69 Å². The highest BCUT2D eigenvalue weighted by atomic mass is 19.1. The Morgan fingerprint density at radius 3 is 2.42 bits per heavy atom. The van der Waals surface area contributed by atoms with E-state index in [1.807, 2.05) is 30.3 Å². The van der Waals surface area contributed by atoms with E-state index in [2.05, 4.69) is 0 Å². The first-order valence-corrected chi connectivity index (χ1v) is 13.6. The Bertz CT molecular complexity index is 1900. The second-order valence-corrected chi connectivity index (χ2v) is 9.84. The van der Waals surface area contributed by atoms with E-state index in [0.717, 1.165) is 11.6 Å². The lowest BCUT2D eigenvalue weighted by atomic mass is 9.97. The molecule has 0 saturated heterocycles. The van der Waals surface area contributed by atoms with Crippen molar-refractivity contribution in [2.75, 3.05) is 18.6 Å². The average Bonchev–Trinajstić information content (AvgIpc) is 3.33. The number of hydrogen-bond acceptors (Lipinski definition) is 7. The van der Waals surface area contributed by atoms with Crippen molar-refractivity contribution in [2.24, 2.45) is 0 Å². The molecular weight excluding hydrogens is 553 g/mol. The third-order valence-electron chi connectivity index (χ3n) is 7.23. The van der Waals surface area contributed by atoms with Crippen molar-refractivity contribution in [2.45, 2.75) is 19.6 Å². The SMILES string of the molecule is CCOC(=O)c1ccc(N2C(=O)c3oc4ccc(F)cc4c(=O)c3C2c2ccc(OCc3ccccc3)c(OC)c2)cc1. The quantitative estimate of drug-likeness (QED) is 0.195. The monoisotopic (exact) mass is 579 g/mol. The van der Waals surface area contributed by atoms with E-state index >= 15 is 0 Å². The predicted octanol–water partition coefficient (Wildman–Crippen LogP) is 6.45. The molecule has 1 atom stereocenters. The molecule has 2 heterocycles. The Morgan fingerprint density at radius 1 is 0.930 bits per heavy atom. The van der Waals surface area contributed by atoms with Gasteiger partial charge in [-0.15, -0.1) is 0 Å². The van der Waals surface area contributed by atoms with Crippen molar-refractivity contribution in [3.8, 4) is 11.5 Å². The minimum Gasteiger partial charge on any atom is -0.493 e. The zero-order valence-corrected chi connectivity index (χ0v) is 23.3. The van der Waals surface area contributed by atoms with E-state index in [1.54, 1.807) is 49.4 Å². The van der Waals surface area contributed by atoms with Crippen molar-refractivity contribution >= 4 is 28.5 Å². The normalized spacial score (nSPS) is 14.1. The van der Waals surface area contributed by atoms with Crippen LogP contribution in [0.1, 0.15) is 50.6 Å². The summed E-state index contributed by atoms with van der Waals surface area (Å²) in [5.74, 6) is -0.945. The molecule has 0 bridgehead atoms. The molecule has 43 heavy (non-hydrogen) atoms. The molecule has 0 spiro atoms. The van der Waals surface area contributed by atoms with Crippen LogP contribution < -0.4 is 19.8 Å². The van der Waals surface area contributed by atoms with Crippen LogP contribution in [0.25, 0.3) is 11.0 Å². The van der Waals surface area contributed by atoms with Crippen LogP contribution in [0.2, 0.25) is 0 Å². The summed E-state index contributed by atoms with van der Waals surface area (Å²) in [6, 6.07) is 23.7. The number of ether oxygens (including phenoxy) is 3. The van der Waals surface area contributed by atoms with E-state index in [-0.39, 0.29) is 28.9 Å². The summed E-state index contributed by atoms with van der Waals surface area (Å²) < 4.78 is 36.8. The highest BCUT2D eigenvalue weighted by molar-refractivity contribution is 6.10. The molecule has 1 unspecified atom stereocenters. The number of hydrogen-bond donors (Lipinski definition) is 0. The van der Waals surface area contributed by atoms with Gasteiger partial charge in [-0.1, -0.05) is 36.4 Å². The molecule has 1 aliphatic rings. The fourth-order valence-electron chi connectivity index (χ4n) is 5.21. The number of methoxy groups -OCH3 is 1. The largest absolute Gasteiger partial charge is 0.493 e. The van der Waals surface area contributed by atoms with Crippen molar-refractivity contribution in [1.82, 2.24) is 0 Å². The van der Waals surface area contributed by atoms with Gasteiger partial charge in [0.1, 0.15) is 18.0 Å². The number of halogens is 1. The van der Waals surface area contributed by atoms with Crippen LogP contribution >= 0.6 is 0 Å². The van der Waals surface area contributed by atoms with E-state index in [9.17, 15) is 18.8 Å². The number of esters is 1. The number of anilines is 1. The Kier molecular flexibility index (Phi) is 7.38. The van der Waals surface area contributed by atoms with Crippen molar-refractivity contribution in [1.29, 1.82) is 0 Å². The molecule has 1 amide bonds. The molecule has 8 nitrogen and oxygen atoms in total. The molecule has 6 rings (SSSR count). The fourth-order valence-corrected chi connectivity index (χ4v) is 5.21. The summed E-state index contributed by atoms with van der Waals surface area (Å²) in [5, 5.41) is 0.0193. The predicted molar refractivity (Wildman–Crippen MR) is 157 cm³/mol. The van der Waals surface area contributed by atoms with Crippen LogP contribution in [0, 0.1) is 5.82 Å². The highest BCUT2D eigenvalue weighted by Gasteiger charge is 2.44. The maximum absolute atomic E-state index is 14.2. The van der Waals surface area contributed by atoms with Gasteiger partial charge in [-0.2, -0.15) is 0 Å². The molecule has 9 heteroatoms. The summed E-state index contributed by atoms with van der Waals surface area (Å²) in [6.45, 7) is 2.24. The summed E-state index contributed by atoms with van der Waals surface area (Å²) in [6.07, 6.45) is 0. The average molecular weight is 580 g/mol. The van der Waals surface area contributed by atoms with Gasteiger partial charge in [-0.25, -0.2) is 9.18 Å². The van der Waals surface area contributed by atoms with E-state index in [4.69, 9.17) is 18.6 Å². The summed E-state index contributed by atoms with van der Waals surface area (Å²) in [4.78, 5) is 41.4. The van der Waals surface area contributed by atoms with Crippen LogP contribution in [0.5, 0.6) is 11.5 Å². The minimum absolute atomic E-state index is 0.0193. The lowest BCUT2D eigenvalue weighted by Gasteiger charge is -2.26. The third kappa shape index (κ3) is 5.10. The van der Waals surface area contributed by atoms with Gasteiger partial charge in [0.2, 0.25) is 5.76 Å². The van der Waals surface area contributed by atoms with Gasteiger partial charge in [-0.05, 0) is 72.6 Å². The maximum Gasteiger partial charge on any atom is 0.338 e. The first-order chi connectivity index (χ1) is 20.9. The van der Waals surface area contributed by atoms with Gasteiger partial charge in [0.25, 0.3) is 5.91 Å². The van der Waals surface area contributed by atoms with Crippen LogP contribution in [0.4, 0.5) is 10.1 Å². The standard InChI is InChI=1S/C34H26FNO7/c1-3-41-34(39)21-9-13-24(14-10-21)36-30(29-31(37)25-18-23(35)12-16-26(25)43-32(29)33(36)38)22-11-15-27(28(17-22)40-2)42-19-20-7-5-4-6-8-20/h4-18,30H,3,19H2,1-2H3. The van der Waals surface area contributed by atoms with Crippen molar-refractivity contribution in [3.05, 3.63) is 135 Å². The number of amides is 1. The van der Waals surface area contributed by atoms with Crippen LogP contribution in [-0.2, 0) is 11.3 Å². The molecule has 216 valence electrons. The van der Waals surface area contributed by atoms with Crippen molar-refractivity contribution < 1.29 is 32.6 Å². The summed E-state index contributed by atoms with van der Waals surface area (Å²) in [5.41, 5.74) is 1.86. The summed E-state index contributed by atoms with van der Waals surface area (Å²) in [7, 11) is 1.50. The van der Waals surface area contributed by atoms with E-state index < -0.39 is 29.2 Å². The maximum atomic E-state index is 14.2. The van der Waals surface area contributed by atoms with Gasteiger partial charge >= 0.3 is 5.97 Å². The zero-order chi connectivity index (χ0) is 30.1. The van der Waals surface area contributed by atoms with Gasteiger partial charge in [-0.3, -0.25) is 14.5 Å². The van der Waals surface area contributed by atoms with Gasteiger partial charge < -0.3 is 18.6 Å². The van der Waals surface area contributed by atoms with Crippen LogP contribution in [0.3, 0.4) is 0 Å². The van der Waals surface area contributed by atoms with Crippen LogP contribution in [0.15, 0.2) is 100 Å². The fraction of sp³-hybridized carbons (Fsp3) is 0.147. The molecule has 0 radical (unpaired) electrons. The molecule has 1 aliphatic heterocycles. The molecule has 0 N–H and O–H groups in total. The molecule has 1 aromatic heterocycles. The third-order valence-corrected chi connectivity index (χ3v) is 7.23. The van der Waals surface area contributed by atoms with Crippen LogP contribution in [-0.4, -0.2) is 25.6 Å². The molecule has 4 aromatic carbocycles. The number of carbonyl (C=O) groups excluding carboxylic acids is 2. The second-order valence-electron chi connectivity index (χ2n) is 9.84. The molecule has 0 saturated carbocycles. The number of fused-ring (bicyclic) bond motifs is 2. The number of benzene rings is 4. The van der Waals surface area contributed by atoms with E-state index in [0.29, 0.717) is 34.9 Å². The number of carbonyl (C=O) groups is 2. The number of nitrogens with zero attached hydrogens (tertiary/aromatic N) is 1. The smallest absolute Gasteiger partial charge is 0.338 e. The Hall–Kier alpha value is -5.44. The Balaban J connectivity index is 1.47. The lowest BCUT2D eigenvalue weighted by molar-refractivity contribution is 0.0526. The first-order valence-electron chi connectivity index (χ1n) is 13.6. The zero-order valence-electron chi connectivity index (χ0n) is 23.3. The van der Waals surface area contributed by atoms with Gasteiger partial charge in [0.05, 0.1) is 36.3 Å². The molecule has 0 aliphatic carbocycles. The minimum atomic E-state index is -0.947. The highest BCUT2D eigenvalue weighted by Crippen LogP contribution is 2.43. The number of rotatable bonds is 8. The molecule has 5 aromatic rings. The first kappa shape index (κ1) is 27.7.